The van der Waals surface area contributed by atoms with Crippen LogP contribution in [0.4, 0.5) is 0 Å². The number of esters is 1. The molecule has 1 rings (SSSR count). The van der Waals surface area contributed by atoms with Gasteiger partial charge in [-0.05, 0) is 76.1 Å². The summed E-state index contributed by atoms with van der Waals surface area (Å²) in [6, 6.07) is 0. The van der Waals surface area contributed by atoms with Crippen LogP contribution < -0.4 is 4.74 Å². The van der Waals surface area contributed by atoms with Crippen LogP contribution in [0, 0.1) is 27.7 Å². The fraction of sp³-hybridized carbons (Fsp3) is 0.719. The lowest BCUT2D eigenvalue weighted by atomic mass is 9.91. The Bertz CT molecular complexity index is 757. The molecule has 0 spiro atoms. The molecule has 0 saturated heterocycles. The van der Waals surface area contributed by atoms with E-state index in [1.165, 1.54) is 125 Å². The highest BCUT2D eigenvalue weighted by Crippen LogP contribution is 2.34. The average Bonchev–Trinajstić information content (AvgIpc) is 2.80. The van der Waals surface area contributed by atoms with Crippen LogP contribution in [0.2, 0.25) is 0 Å². The van der Waals surface area contributed by atoms with Crippen molar-refractivity contribution in [3.63, 3.8) is 0 Å². The molecule has 0 aliphatic carbocycles. The number of unbranched alkanes of at least 4 members (excludes halogenated alkanes) is 13. The molecule has 1 aromatic carbocycles. The minimum Gasteiger partial charge on any atom is -0.426 e. The van der Waals surface area contributed by atoms with Gasteiger partial charge < -0.3 is 4.74 Å². The van der Waals surface area contributed by atoms with E-state index in [9.17, 15) is 4.79 Å². The van der Waals surface area contributed by atoms with Gasteiger partial charge >= 0.3 is 5.97 Å². The van der Waals surface area contributed by atoms with E-state index >= 15 is 0 Å². The highest BCUT2D eigenvalue weighted by Gasteiger charge is 2.17. The van der Waals surface area contributed by atoms with Crippen molar-refractivity contribution in [1.82, 2.24) is 0 Å². The Balaban J connectivity index is 2.29. The number of carbonyl (C=O) groups is 1. The maximum Gasteiger partial charge on any atom is 0.308 e. The fourth-order valence-corrected chi connectivity index (χ4v) is 4.86. The molecule has 0 fully saturated rings. The Labute approximate surface area is 212 Å². The van der Waals surface area contributed by atoms with E-state index in [4.69, 9.17) is 4.74 Å². The molecule has 194 valence electrons. The maximum absolute atomic E-state index is 11.7. The van der Waals surface area contributed by atoms with Crippen LogP contribution in [0.1, 0.15) is 145 Å². The number of ether oxygens (including phenoxy) is 1. The van der Waals surface area contributed by atoms with Gasteiger partial charge in [0.15, 0.2) is 0 Å². The summed E-state index contributed by atoms with van der Waals surface area (Å²) < 4.78 is 5.64. The zero-order chi connectivity index (χ0) is 25.3. The van der Waals surface area contributed by atoms with Crippen molar-refractivity contribution in [2.24, 2.45) is 0 Å². The summed E-state index contributed by atoms with van der Waals surface area (Å²) in [5, 5.41) is 0. The first-order valence-electron chi connectivity index (χ1n) is 14.2. The van der Waals surface area contributed by atoms with Crippen molar-refractivity contribution in [2.75, 3.05) is 0 Å². The minimum absolute atomic E-state index is 0.241. The van der Waals surface area contributed by atoms with Gasteiger partial charge in [0.1, 0.15) is 5.75 Å². The molecule has 0 amide bonds. The predicted molar refractivity (Wildman–Crippen MR) is 149 cm³/mol. The molecule has 0 N–H and O–H groups in total. The molecule has 0 saturated carbocycles. The third kappa shape index (κ3) is 11.7. The normalized spacial score (nSPS) is 11.8. The first-order chi connectivity index (χ1) is 16.3. The molecular formula is C32H54O2. The van der Waals surface area contributed by atoms with Gasteiger partial charge in [-0.2, -0.15) is 0 Å². The van der Waals surface area contributed by atoms with E-state index in [0.717, 1.165) is 23.3 Å². The predicted octanol–water partition coefficient (Wildman–Crippen LogP) is 10.2. The molecule has 0 atom stereocenters. The summed E-state index contributed by atoms with van der Waals surface area (Å²) in [6.45, 7) is 14.5. The van der Waals surface area contributed by atoms with Gasteiger partial charge in [0, 0.05) is 12.5 Å². The van der Waals surface area contributed by atoms with Crippen molar-refractivity contribution >= 4 is 5.97 Å². The van der Waals surface area contributed by atoms with Gasteiger partial charge in [0.2, 0.25) is 0 Å². The zero-order valence-corrected chi connectivity index (χ0v) is 23.7. The second kappa shape index (κ2) is 17.8. The van der Waals surface area contributed by atoms with E-state index in [1.54, 1.807) is 0 Å². The average molecular weight is 471 g/mol. The highest BCUT2D eigenvalue weighted by atomic mass is 16.5. The van der Waals surface area contributed by atoms with Crippen LogP contribution >= 0.6 is 0 Å². The molecule has 34 heavy (non-hydrogen) atoms. The Morgan fingerprint density at radius 1 is 0.647 bits per heavy atom. The van der Waals surface area contributed by atoms with E-state index in [0.29, 0.717) is 0 Å². The molecule has 0 bridgehead atoms. The molecule has 0 heterocycles. The van der Waals surface area contributed by atoms with Crippen LogP contribution in [0.5, 0.6) is 5.75 Å². The summed E-state index contributed by atoms with van der Waals surface area (Å²) >= 11 is 0. The standard InChI is InChI=1S/C32H54O2/c1-8-9-10-11-12-13-14-15-16-17-18-19-20-21-22-25(2)23-24-31-28(5)26(3)27(4)29(6)32(31)34-30(7)33/h23H,8-22,24H2,1-7H3/b25-23+. The number of benzene rings is 1. The number of hydrogen-bond acceptors (Lipinski definition) is 2. The first-order valence-corrected chi connectivity index (χ1v) is 14.2. The lowest BCUT2D eigenvalue weighted by Gasteiger charge is -2.19. The van der Waals surface area contributed by atoms with Gasteiger partial charge in [-0.25, -0.2) is 0 Å². The second-order valence-electron chi connectivity index (χ2n) is 10.5. The molecule has 0 aliphatic rings. The van der Waals surface area contributed by atoms with E-state index < -0.39 is 0 Å². The SMILES string of the molecule is CCCCCCCCCCCCCCCC/C(C)=C/Cc1c(C)c(C)c(C)c(C)c1OC(C)=O. The molecule has 2 heteroatoms. The van der Waals surface area contributed by atoms with Crippen LogP contribution in [0.3, 0.4) is 0 Å². The Morgan fingerprint density at radius 2 is 1.09 bits per heavy atom. The van der Waals surface area contributed by atoms with Crippen LogP contribution in [0.25, 0.3) is 0 Å². The molecule has 1 aromatic rings. The number of carbonyl (C=O) groups excluding carboxylic acids is 1. The van der Waals surface area contributed by atoms with Crippen LogP contribution in [-0.2, 0) is 11.2 Å². The van der Waals surface area contributed by atoms with Gasteiger partial charge in [-0.15, -0.1) is 0 Å². The molecule has 0 radical (unpaired) electrons. The third-order valence-electron chi connectivity index (χ3n) is 7.58. The fourth-order valence-electron chi connectivity index (χ4n) is 4.86. The van der Waals surface area contributed by atoms with Gasteiger partial charge in [0.25, 0.3) is 0 Å². The zero-order valence-electron chi connectivity index (χ0n) is 23.7. The smallest absolute Gasteiger partial charge is 0.308 e. The summed E-state index contributed by atoms with van der Waals surface area (Å²) in [6.07, 6.45) is 24.0. The molecular weight excluding hydrogens is 416 g/mol. The van der Waals surface area contributed by atoms with Gasteiger partial charge in [-0.1, -0.05) is 102 Å². The van der Waals surface area contributed by atoms with E-state index in [1.807, 2.05) is 0 Å². The summed E-state index contributed by atoms with van der Waals surface area (Å²) in [5.41, 5.74) is 7.48. The number of rotatable bonds is 18. The molecule has 2 nitrogen and oxygen atoms in total. The molecule has 0 unspecified atom stereocenters. The Kier molecular flexibility index (Phi) is 16.0. The van der Waals surface area contributed by atoms with Crippen molar-refractivity contribution in [3.05, 3.63) is 39.5 Å². The first kappa shape index (κ1) is 30.5. The van der Waals surface area contributed by atoms with E-state index in [-0.39, 0.29) is 5.97 Å². The van der Waals surface area contributed by atoms with Crippen molar-refractivity contribution in [2.45, 2.75) is 151 Å². The Morgan fingerprint density at radius 3 is 1.56 bits per heavy atom. The molecule has 0 aromatic heterocycles. The van der Waals surface area contributed by atoms with Crippen LogP contribution in [0.15, 0.2) is 11.6 Å². The lowest BCUT2D eigenvalue weighted by molar-refractivity contribution is -0.131. The number of allylic oxidation sites excluding steroid dienone is 2. The van der Waals surface area contributed by atoms with Crippen molar-refractivity contribution < 1.29 is 9.53 Å². The van der Waals surface area contributed by atoms with Gasteiger partial charge in [0.05, 0.1) is 0 Å². The largest absolute Gasteiger partial charge is 0.426 e. The monoisotopic (exact) mass is 470 g/mol. The van der Waals surface area contributed by atoms with Gasteiger partial charge in [-0.3, -0.25) is 4.79 Å². The quantitative estimate of drug-likeness (QED) is 0.0923. The van der Waals surface area contributed by atoms with E-state index in [2.05, 4.69) is 47.6 Å². The Hall–Kier alpha value is -1.57. The summed E-state index contributed by atoms with van der Waals surface area (Å²) in [5.74, 6) is 0.531. The minimum atomic E-state index is -0.241. The maximum atomic E-state index is 11.7. The van der Waals surface area contributed by atoms with Crippen molar-refractivity contribution in [1.29, 1.82) is 0 Å². The summed E-state index contributed by atoms with van der Waals surface area (Å²) in [7, 11) is 0. The lowest BCUT2D eigenvalue weighted by Crippen LogP contribution is -2.09. The second-order valence-corrected chi connectivity index (χ2v) is 10.5. The molecule has 0 aliphatic heterocycles. The highest BCUT2D eigenvalue weighted by molar-refractivity contribution is 5.71. The topological polar surface area (TPSA) is 26.3 Å². The summed E-state index contributed by atoms with van der Waals surface area (Å²) in [4.78, 5) is 11.7. The third-order valence-corrected chi connectivity index (χ3v) is 7.58. The number of hydrogen-bond donors (Lipinski definition) is 0. The van der Waals surface area contributed by atoms with Crippen LogP contribution in [-0.4, -0.2) is 5.97 Å². The van der Waals surface area contributed by atoms with Crippen molar-refractivity contribution in [3.8, 4) is 5.75 Å².